The second-order valence-corrected chi connectivity index (χ2v) is 9.07. The van der Waals surface area contributed by atoms with E-state index >= 15 is 0 Å². The summed E-state index contributed by atoms with van der Waals surface area (Å²) in [6.45, 7) is 6.24. The van der Waals surface area contributed by atoms with Gasteiger partial charge < -0.3 is 14.8 Å². The highest BCUT2D eigenvalue weighted by molar-refractivity contribution is 7.20. The summed E-state index contributed by atoms with van der Waals surface area (Å²) in [6, 6.07) is 14.8. The number of rotatable bonds is 7. The Bertz CT molecular complexity index is 1260. The van der Waals surface area contributed by atoms with Gasteiger partial charge in [-0.25, -0.2) is 14.8 Å². The third-order valence-corrected chi connectivity index (χ3v) is 6.04. The molecule has 4 rings (SSSR count). The summed E-state index contributed by atoms with van der Waals surface area (Å²) in [6.07, 6.45) is 1.46. The highest BCUT2D eigenvalue weighted by Crippen LogP contribution is 2.38. The van der Waals surface area contributed by atoms with Crippen LogP contribution in [0.15, 0.2) is 54.9 Å². The van der Waals surface area contributed by atoms with Crippen molar-refractivity contribution in [2.24, 2.45) is 5.92 Å². The number of hydrogen-bond donors (Lipinski definition) is 1. The van der Waals surface area contributed by atoms with Gasteiger partial charge in [0.05, 0.1) is 17.7 Å². The van der Waals surface area contributed by atoms with Gasteiger partial charge >= 0.3 is 5.97 Å². The van der Waals surface area contributed by atoms with Gasteiger partial charge in [0.25, 0.3) is 0 Å². The molecule has 8 heteroatoms. The van der Waals surface area contributed by atoms with Crippen LogP contribution < -0.4 is 10.1 Å². The van der Waals surface area contributed by atoms with Crippen LogP contribution in [0.2, 0.25) is 5.02 Å². The van der Waals surface area contributed by atoms with Crippen molar-refractivity contribution >= 4 is 50.6 Å². The number of aryl methyl sites for hydroxylation is 1. The number of fused-ring (bicyclic) bond motifs is 1. The van der Waals surface area contributed by atoms with Crippen LogP contribution in [0.5, 0.6) is 11.5 Å². The molecule has 0 spiro atoms. The second kappa shape index (κ2) is 9.54. The van der Waals surface area contributed by atoms with Crippen LogP contribution in [0, 0.1) is 12.8 Å². The monoisotopic (exact) mass is 467 g/mol. The lowest BCUT2D eigenvalue weighted by Crippen LogP contribution is -2.09. The van der Waals surface area contributed by atoms with E-state index in [9.17, 15) is 4.79 Å². The van der Waals surface area contributed by atoms with E-state index in [-0.39, 0.29) is 11.9 Å². The fraction of sp³-hybridized carbons (Fsp3) is 0.208. The lowest BCUT2D eigenvalue weighted by atomic mass is 10.2. The van der Waals surface area contributed by atoms with Crippen molar-refractivity contribution in [1.82, 2.24) is 9.97 Å². The number of thiophene rings is 1. The molecular formula is C24H22ClN3O3S. The van der Waals surface area contributed by atoms with Gasteiger partial charge in [0, 0.05) is 5.02 Å². The molecule has 0 bridgehead atoms. The van der Waals surface area contributed by atoms with Gasteiger partial charge in [-0.1, -0.05) is 43.6 Å². The molecule has 2 heterocycles. The molecule has 4 aromatic rings. The highest BCUT2D eigenvalue weighted by Gasteiger charge is 2.21. The molecule has 0 aliphatic carbocycles. The summed E-state index contributed by atoms with van der Waals surface area (Å²) in [5.74, 6) is 1.77. The zero-order chi connectivity index (χ0) is 22.7. The Morgan fingerprint density at radius 1 is 1.16 bits per heavy atom. The van der Waals surface area contributed by atoms with Crippen molar-refractivity contribution in [3.63, 3.8) is 0 Å². The van der Waals surface area contributed by atoms with Gasteiger partial charge in [0.1, 0.15) is 27.6 Å². The number of aromatic nitrogens is 2. The number of nitrogens with one attached hydrogen (secondary N) is 1. The maximum Gasteiger partial charge on any atom is 0.348 e. The predicted octanol–water partition coefficient (Wildman–Crippen LogP) is 7.00. The summed E-state index contributed by atoms with van der Waals surface area (Å²) in [5.41, 5.74) is 1.42. The molecule has 0 radical (unpaired) electrons. The second-order valence-electron chi connectivity index (χ2n) is 7.63. The molecule has 0 saturated carbocycles. The molecule has 2 aromatic heterocycles. The molecule has 32 heavy (non-hydrogen) atoms. The van der Waals surface area contributed by atoms with Crippen LogP contribution in [-0.4, -0.2) is 22.5 Å². The van der Waals surface area contributed by atoms with Crippen LogP contribution in [0.3, 0.4) is 0 Å². The fourth-order valence-electron chi connectivity index (χ4n) is 3.10. The lowest BCUT2D eigenvalue weighted by Gasteiger charge is -2.14. The molecule has 0 amide bonds. The van der Waals surface area contributed by atoms with Crippen LogP contribution in [0.4, 0.5) is 11.5 Å². The minimum Gasteiger partial charge on any atom is -0.461 e. The SMILES string of the molecule is Cc1c(C(=O)OCC(C)C)sc2ncnc(Nc3cc(Cl)ccc3Oc3ccccc3)c12. The van der Waals surface area contributed by atoms with Crippen molar-refractivity contribution < 1.29 is 14.3 Å². The van der Waals surface area contributed by atoms with E-state index in [1.54, 1.807) is 18.2 Å². The zero-order valence-corrected chi connectivity index (χ0v) is 19.5. The number of carbonyl (C=O) groups excluding carboxylic acids is 1. The van der Waals surface area contributed by atoms with E-state index in [4.69, 9.17) is 21.1 Å². The van der Waals surface area contributed by atoms with Gasteiger partial charge in [-0.15, -0.1) is 11.3 Å². The van der Waals surface area contributed by atoms with Crippen molar-refractivity contribution in [1.29, 1.82) is 0 Å². The number of para-hydroxylation sites is 1. The Balaban J connectivity index is 1.69. The van der Waals surface area contributed by atoms with E-state index in [0.29, 0.717) is 44.3 Å². The Labute approximate surface area is 195 Å². The van der Waals surface area contributed by atoms with Gasteiger partial charge in [0.2, 0.25) is 0 Å². The van der Waals surface area contributed by atoms with Gasteiger partial charge in [-0.3, -0.25) is 0 Å². The van der Waals surface area contributed by atoms with Crippen LogP contribution in [0.1, 0.15) is 29.1 Å². The zero-order valence-electron chi connectivity index (χ0n) is 17.9. The maximum atomic E-state index is 12.6. The Morgan fingerprint density at radius 3 is 2.69 bits per heavy atom. The van der Waals surface area contributed by atoms with Crippen molar-refractivity contribution in [2.75, 3.05) is 11.9 Å². The summed E-state index contributed by atoms with van der Waals surface area (Å²) in [5, 5.41) is 4.63. The van der Waals surface area contributed by atoms with E-state index in [1.165, 1.54) is 17.7 Å². The first-order valence-electron chi connectivity index (χ1n) is 10.1. The van der Waals surface area contributed by atoms with E-state index in [2.05, 4.69) is 15.3 Å². The van der Waals surface area contributed by atoms with E-state index in [1.807, 2.05) is 51.1 Å². The van der Waals surface area contributed by atoms with Crippen LogP contribution in [0.25, 0.3) is 10.2 Å². The number of halogens is 1. The number of anilines is 2. The lowest BCUT2D eigenvalue weighted by molar-refractivity contribution is 0.0464. The predicted molar refractivity (Wildman–Crippen MR) is 129 cm³/mol. The number of ether oxygens (including phenoxy) is 2. The average Bonchev–Trinajstić information content (AvgIpc) is 3.12. The summed E-state index contributed by atoms with van der Waals surface area (Å²) in [7, 11) is 0. The highest BCUT2D eigenvalue weighted by atomic mass is 35.5. The summed E-state index contributed by atoms with van der Waals surface area (Å²) in [4.78, 5) is 22.6. The molecule has 0 unspecified atom stereocenters. The van der Waals surface area contributed by atoms with Gasteiger partial charge in [-0.2, -0.15) is 0 Å². The van der Waals surface area contributed by atoms with Crippen molar-refractivity contribution in [3.05, 3.63) is 70.3 Å². The van der Waals surface area contributed by atoms with E-state index in [0.717, 1.165) is 10.9 Å². The molecule has 0 fully saturated rings. The first-order valence-corrected chi connectivity index (χ1v) is 11.3. The molecule has 0 aliphatic heterocycles. The number of nitrogens with zero attached hydrogens (tertiary/aromatic N) is 2. The molecule has 0 saturated heterocycles. The maximum absolute atomic E-state index is 12.6. The van der Waals surface area contributed by atoms with Crippen LogP contribution >= 0.6 is 22.9 Å². The molecule has 164 valence electrons. The Hall–Kier alpha value is -3.16. The van der Waals surface area contributed by atoms with Gasteiger partial charge in [-0.05, 0) is 48.7 Å². The van der Waals surface area contributed by atoms with Gasteiger partial charge in [0.15, 0.2) is 5.75 Å². The molecule has 6 nitrogen and oxygen atoms in total. The standard InChI is InChI=1S/C24H22ClN3O3S/c1-14(2)12-30-24(29)21-15(3)20-22(26-13-27-23(20)32-21)28-18-11-16(25)9-10-19(18)31-17-7-5-4-6-8-17/h4-11,13-14H,12H2,1-3H3,(H,26,27,28). The normalized spacial score (nSPS) is 11.0. The quantitative estimate of drug-likeness (QED) is 0.295. The number of benzene rings is 2. The molecular weight excluding hydrogens is 446 g/mol. The Morgan fingerprint density at radius 2 is 1.94 bits per heavy atom. The van der Waals surface area contributed by atoms with Crippen molar-refractivity contribution in [2.45, 2.75) is 20.8 Å². The Kier molecular flexibility index (Phi) is 6.58. The molecule has 0 atom stereocenters. The summed E-state index contributed by atoms with van der Waals surface area (Å²) >= 11 is 7.55. The molecule has 0 aliphatic rings. The average molecular weight is 468 g/mol. The topological polar surface area (TPSA) is 73.3 Å². The van der Waals surface area contributed by atoms with Crippen LogP contribution in [-0.2, 0) is 4.74 Å². The fourth-order valence-corrected chi connectivity index (χ4v) is 4.32. The molecule has 1 N–H and O–H groups in total. The largest absolute Gasteiger partial charge is 0.461 e. The minimum absolute atomic E-state index is 0.261. The summed E-state index contributed by atoms with van der Waals surface area (Å²) < 4.78 is 11.5. The van der Waals surface area contributed by atoms with E-state index < -0.39 is 0 Å². The number of carbonyl (C=O) groups is 1. The first-order chi connectivity index (χ1) is 15.4. The minimum atomic E-state index is -0.346. The third kappa shape index (κ3) is 4.84. The first kappa shape index (κ1) is 22.0. The smallest absolute Gasteiger partial charge is 0.348 e. The number of esters is 1. The third-order valence-electron chi connectivity index (χ3n) is 4.63. The molecule has 2 aromatic carbocycles. The van der Waals surface area contributed by atoms with Crippen molar-refractivity contribution in [3.8, 4) is 11.5 Å². The number of hydrogen-bond acceptors (Lipinski definition) is 7.